The Morgan fingerprint density at radius 3 is 3.15 bits per heavy atom. The molecule has 3 heterocycles. The van der Waals surface area contributed by atoms with E-state index < -0.39 is 0 Å². The summed E-state index contributed by atoms with van der Waals surface area (Å²) in [6, 6.07) is 6.13. The van der Waals surface area contributed by atoms with Crippen molar-refractivity contribution in [3.8, 4) is 0 Å². The van der Waals surface area contributed by atoms with Gasteiger partial charge in [0.25, 0.3) is 0 Å². The fourth-order valence-electron chi connectivity index (χ4n) is 1.53. The van der Waals surface area contributed by atoms with E-state index in [-0.39, 0.29) is 0 Å². The van der Waals surface area contributed by atoms with Crippen LogP contribution in [-0.4, -0.2) is 9.38 Å². The van der Waals surface area contributed by atoms with E-state index in [2.05, 4.69) is 20.8 Å². The number of H-pyrrole nitrogens is 1. The van der Waals surface area contributed by atoms with Gasteiger partial charge in [-0.2, -0.15) is 0 Å². The minimum atomic E-state index is 0.806. The second-order valence-electron chi connectivity index (χ2n) is 2.85. The van der Waals surface area contributed by atoms with Crippen LogP contribution < -0.4 is 0 Å². The molecule has 0 aliphatic rings. The molecule has 0 aromatic carbocycles. The van der Waals surface area contributed by atoms with Crippen LogP contribution in [0, 0.1) is 4.64 Å². The lowest BCUT2D eigenvalue weighted by Gasteiger charge is -1.97. The van der Waals surface area contributed by atoms with Crippen LogP contribution in [0.2, 0.25) is 0 Å². The first-order valence-electron chi connectivity index (χ1n) is 3.93. The maximum Gasteiger partial charge on any atom is 0.128 e. The van der Waals surface area contributed by atoms with Crippen LogP contribution in [0.5, 0.6) is 0 Å². The molecule has 4 heteroatoms. The lowest BCUT2D eigenvalue weighted by atomic mass is 10.5. The highest BCUT2D eigenvalue weighted by molar-refractivity contribution is 7.71. The van der Waals surface area contributed by atoms with Crippen LogP contribution in [0.4, 0.5) is 0 Å². The van der Waals surface area contributed by atoms with Crippen molar-refractivity contribution < 1.29 is 0 Å². The minimum absolute atomic E-state index is 0.806. The van der Waals surface area contributed by atoms with Crippen molar-refractivity contribution >= 4 is 39.4 Å². The van der Waals surface area contributed by atoms with E-state index in [1.165, 1.54) is 5.52 Å². The zero-order chi connectivity index (χ0) is 8.84. The lowest BCUT2D eigenvalue weighted by Crippen LogP contribution is -1.86. The highest BCUT2D eigenvalue weighted by Crippen LogP contribution is 2.20. The third-order valence-electron chi connectivity index (χ3n) is 2.11. The summed E-state index contributed by atoms with van der Waals surface area (Å²) in [5.74, 6) is 0. The monoisotopic (exact) mass is 206 g/mol. The van der Waals surface area contributed by atoms with Crippen molar-refractivity contribution in [2.45, 2.75) is 0 Å². The zero-order valence-electron chi connectivity index (χ0n) is 6.65. The number of thiophene rings is 1. The van der Waals surface area contributed by atoms with E-state index in [1.807, 2.05) is 18.3 Å². The molecule has 0 fully saturated rings. The molecule has 3 rings (SSSR count). The molecular weight excluding hydrogens is 200 g/mol. The predicted molar refractivity (Wildman–Crippen MR) is 58.0 cm³/mol. The highest BCUT2D eigenvalue weighted by Gasteiger charge is 2.01. The molecule has 13 heavy (non-hydrogen) atoms. The van der Waals surface area contributed by atoms with E-state index in [1.54, 1.807) is 11.3 Å². The number of nitrogens with zero attached hydrogens (tertiary/aromatic N) is 1. The van der Waals surface area contributed by atoms with Gasteiger partial charge in [0.05, 0.1) is 11.0 Å². The first-order chi connectivity index (χ1) is 6.36. The van der Waals surface area contributed by atoms with Gasteiger partial charge in [0, 0.05) is 6.20 Å². The van der Waals surface area contributed by atoms with Gasteiger partial charge in [-0.05, 0) is 23.6 Å². The molecule has 0 amide bonds. The number of aromatic nitrogens is 2. The van der Waals surface area contributed by atoms with Gasteiger partial charge in [0.1, 0.15) is 9.47 Å². The summed E-state index contributed by atoms with van der Waals surface area (Å²) in [5.41, 5.74) is 2.26. The third-order valence-corrected chi connectivity index (χ3v) is 3.24. The van der Waals surface area contributed by atoms with Crippen LogP contribution in [0.1, 0.15) is 0 Å². The summed E-state index contributed by atoms with van der Waals surface area (Å²) in [7, 11) is 0. The molecule has 3 aromatic heterocycles. The highest BCUT2D eigenvalue weighted by atomic mass is 32.1. The summed E-state index contributed by atoms with van der Waals surface area (Å²) in [5, 5.41) is 2.06. The van der Waals surface area contributed by atoms with Gasteiger partial charge in [0.2, 0.25) is 0 Å². The predicted octanol–water partition coefficient (Wildman–Crippen LogP) is 3.21. The maximum atomic E-state index is 5.23. The first kappa shape index (κ1) is 7.29. The van der Waals surface area contributed by atoms with E-state index in [4.69, 9.17) is 12.2 Å². The van der Waals surface area contributed by atoms with Crippen LogP contribution in [0.25, 0.3) is 15.9 Å². The largest absolute Gasteiger partial charge is 0.335 e. The van der Waals surface area contributed by atoms with E-state index >= 15 is 0 Å². The van der Waals surface area contributed by atoms with E-state index in [9.17, 15) is 0 Å². The summed E-state index contributed by atoms with van der Waals surface area (Å²) in [6.45, 7) is 0. The van der Waals surface area contributed by atoms with Crippen molar-refractivity contribution in [2.75, 3.05) is 0 Å². The molecule has 0 bridgehead atoms. The summed E-state index contributed by atoms with van der Waals surface area (Å²) < 4.78 is 2.92. The quantitative estimate of drug-likeness (QED) is 0.560. The van der Waals surface area contributed by atoms with Crippen molar-refractivity contribution in [1.82, 2.24) is 9.38 Å². The van der Waals surface area contributed by atoms with Gasteiger partial charge < -0.3 is 9.38 Å². The van der Waals surface area contributed by atoms with Crippen molar-refractivity contribution in [3.63, 3.8) is 0 Å². The van der Waals surface area contributed by atoms with Gasteiger partial charge >= 0.3 is 0 Å². The standard InChI is InChI=1S/C9H6N2S2/c12-8-6-2-1-4-11(6)7-3-5-13-9(7)10-8/h1-5H,(H,10,12). The molecule has 1 N–H and O–H groups in total. The molecule has 0 saturated carbocycles. The fourth-order valence-corrected chi connectivity index (χ4v) is 2.64. The molecule has 0 radical (unpaired) electrons. The smallest absolute Gasteiger partial charge is 0.128 e. The Hall–Kier alpha value is -1.13. The Kier molecular flexibility index (Phi) is 1.36. The third kappa shape index (κ3) is 0.897. The summed E-state index contributed by atoms with van der Waals surface area (Å²) >= 11 is 6.91. The van der Waals surface area contributed by atoms with E-state index in [0.29, 0.717) is 0 Å². The van der Waals surface area contributed by atoms with Gasteiger partial charge in [-0.3, -0.25) is 0 Å². The van der Waals surface area contributed by atoms with E-state index in [0.717, 1.165) is 15.0 Å². The number of hydrogen-bond donors (Lipinski definition) is 1. The molecule has 0 aliphatic carbocycles. The Morgan fingerprint density at radius 2 is 2.23 bits per heavy atom. The van der Waals surface area contributed by atoms with Crippen LogP contribution >= 0.6 is 23.6 Å². The molecule has 0 atom stereocenters. The molecular formula is C9H6N2S2. The average molecular weight is 206 g/mol. The number of aromatic amines is 1. The number of hydrogen-bond acceptors (Lipinski definition) is 2. The van der Waals surface area contributed by atoms with Crippen molar-refractivity contribution in [2.24, 2.45) is 0 Å². The number of nitrogens with one attached hydrogen (secondary N) is 1. The number of fused-ring (bicyclic) bond motifs is 3. The van der Waals surface area contributed by atoms with Gasteiger partial charge in [-0.1, -0.05) is 12.2 Å². The summed E-state index contributed by atoms with van der Waals surface area (Å²) in [6.07, 6.45) is 2.04. The van der Waals surface area contributed by atoms with Gasteiger partial charge in [0.15, 0.2) is 0 Å². The van der Waals surface area contributed by atoms with Crippen molar-refractivity contribution in [3.05, 3.63) is 34.4 Å². The Balaban J connectivity index is 2.79. The fraction of sp³-hybridized carbons (Fsp3) is 0. The first-order valence-corrected chi connectivity index (χ1v) is 5.21. The second-order valence-corrected chi connectivity index (χ2v) is 4.18. The van der Waals surface area contributed by atoms with Crippen LogP contribution in [0.3, 0.4) is 0 Å². The maximum absolute atomic E-state index is 5.23. The van der Waals surface area contributed by atoms with Crippen LogP contribution in [0.15, 0.2) is 29.8 Å². The normalized spacial score (nSPS) is 11.4. The SMILES string of the molecule is S=c1[nH]c2sccc2n2cccc12. The topological polar surface area (TPSA) is 20.2 Å². The lowest BCUT2D eigenvalue weighted by molar-refractivity contribution is 1.23. The minimum Gasteiger partial charge on any atom is -0.335 e. The molecule has 3 aromatic rings. The summed E-state index contributed by atoms with van der Waals surface area (Å²) in [4.78, 5) is 4.34. The Morgan fingerprint density at radius 1 is 1.31 bits per heavy atom. The van der Waals surface area contributed by atoms with Gasteiger partial charge in [-0.25, -0.2) is 0 Å². The molecule has 0 aliphatic heterocycles. The van der Waals surface area contributed by atoms with Gasteiger partial charge in [-0.15, -0.1) is 11.3 Å². The molecule has 2 nitrogen and oxygen atoms in total. The molecule has 0 spiro atoms. The molecule has 64 valence electrons. The molecule has 0 saturated heterocycles. The average Bonchev–Trinajstić information content (AvgIpc) is 2.66. The van der Waals surface area contributed by atoms with Crippen LogP contribution in [-0.2, 0) is 0 Å². The second kappa shape index (κ2) is 2.43. The zero-order valence-corrected chi connectivity index (χ0v) is 8.28. The Labute approximate surface area is 83.5 Å². The molecule has 0 unspecified atom stereocenters. The Bertz CT molecular complexity index is 629. The number of rotatable bonds is 0. The van der Waals surface area contributed by atoms with Crippen molar-refractivity contribution in [1.29, 1.82) is 0 Å².